The summed E-state index contributed by atoms with van der Waals surface area (Å²) in [5.41, 5.74) is 1.16. The summed E-state index contributed by atoms with van der Waals surface area (Å²) in [4.78, 5) is 0.00143. The van der Waals surface area contributed by atoms with Crippen molar-refractivity contribution in [1.29, 1.82) is 0 Å². The molecule has 2 aromatic rings. The number of fused-ring (bicyclic) bond motifs is 1. The van der Waals surface area contributed by atoms with E-state index in [1.165, 1.54) is 76.7 Å². The highest BCUT2D eigenvalue weighted by Crippen LogP contribution is 2.27. The summed E-state index contributed by atoms with van der Waals surface area (Å²) in [6, 6.07) is 10.8. The minimum atomic E-state index is -4.19. The van der Waals surface area contributed by atoms with E-state index >= 15 is 0 Å². The lowest BCUT2D eigenvalue weighted by Crippen LogP contribution is -2.00. The van der Waals surface area contributed by atoms with Gasteiger partial charge < -0.3 is 0 Å². The van der Waals surface area contributed by atoms with Crippen LogP contribution in [0.3, 0.4) is 0 Å². The van der Waals surface area contributed by atoms with E-state index in [-0.39, 0.29) is 4.90 Å². The Hall–Kier alpha value is -1.39. The Balaban J connectivity index is 1.69. The molecule has 0 radical (unpaired) electrons. The van der Waals surface area contributed by atoms with Crippen LogP contribution in [-0.4, -0.2) is 13.0 Å². The molecule has 0 saturated heterocycles. The first-order valence-corrected chi connectivity index (χ1v) is 12.5. The summed E-state index contributed by atoms with van der Waals surface area (Å²) < 4.78 is 32.6. The summed E-state index contributed by atoms with van der Waals surface area (Å²) >= 11 is 0. The molecule has 0 amide bonds. The van der Waals surface area contributed by atoms with Crippen LogP contribution in [0.4, 0.5) is 0 Å². The Kier molecular flexibility index (Phi) is 10.0. The minimum Gasteiger partial charge on any atom is -0.282 e. The molecule has 0 aromatic heterocycles. The van der Waals surface area contributed by atoms with E-state index in [0.29, 0.717) is 5.39 Å². The first kappa shape index (κ1) is 22.9. The van der Waals surface area contributed by atoms with Crippen molar-refractivity contribution >= 4 is 20.9 Å². The van der Waals surface area contributed by atoms with E-state index in [1.807, 2.05) is 24.3 Å². The van der Waals surface area contributed by atoms with Crippen molar-refractivity contribution in [2.24, 2.45) is 0 Å². The van der Waals surface area contributed by atoms with E-state index in [1.54, 1.807) is 6.07 Å². The van der Waals surface area contributed by atoms with Crippen molar-refractivity contribution in [2.45, 2.75) is 95.3 Å². The SMILES string of the molecule is CCCCCCCCCCCCCCc1ccc(S(=O)(=O)O)c2ccccc12. The average Bonchev–Trinajstić information content (AvgIpc) is 2.68. The van der Waals surface area contributed by atoms with Gasteiger partial charge in [-0.3, -0.25) is 4.55 Å². The van der Waals surface area contributed by atoms with Crippen molar-refractivity contribution in [3.05, 3.63) is 42.0 Å². The van der Waals surface area contributed by atoms with Crippen LogP contribution in [0, 0.1) is 0 Å². The third-order valence-corrected chi connectivity index (χ3v) is 6.46. The highest BCUT2D eigenvalue weighted by molar-refractivity contribution is 7.86. The fraction of sp³-hybridized carbons (Fsp3) is 0.583. The Morgan fingerprint density at radius 1 is 0.679 bits per heavy atom. The third-order valence-electron chi connectivity index (χ3n) is 5.55. The van der Waals surface area contributed by atoms with Gasteiger partial charge in [-0.25, -0.2) is 0 Å². The van der Waals surface area contributed by atoms with Crippen LogP contribution in [0.25, 0.3) is 10.8 Å². The molecule has 0 atom stereocenters. The highest BCUT2D eigenvalue weighted by atomic mass is 32.2. The molecule has 0 saturated carbocycles. The van der Waals surface area contributed by atoms with Crippen molar-refractivity contribution in [3.8, 4) is 0 Å². The molecule has 156 valence electrons. The molecule has 3 nitrogen and oxygen atoms in total. The number of aryl methyl sites for hydroxylation is 1. The molecule has 0 fully saturated rings. The van der Waals surface area contributed by atoms with Gasteiger partial charge >= 0.3 is 0 Å². The van der Waals surface area contributed by atoms with Gasteiger partial charge in [-0.15, -0.1) is 0 Å². The molecule has 0 aliphatic rings. The van der Waals surface area contributed by atoms with E-state index in [4.69, 9.17) is 0 Å². The minimum absolute atomic E-state index is 0.00143. The summed E-state index contributed by atoms with van der Waals surface area (Å²) in [6.45, 7) is 2.26. The predicted octanol–water partition coefficient (Wildman–Crippen LogP) is 7.33. The second kappa shape index (κ2) is 12.2. The number of benzene rings is 2. The molecule has 0 heterocycles. The first-order chi connectivity index (χ1) is 13.5. The largest absolute Gasteiger partial charge is 0.295 e. The van der Waals surface area contributed by atoms with Crippen molar-refractivity contribution in [3.63, 3.8) is 0 Å². The molecule has 2 rings (SSSR count). The quantitative estimate of drug-likeness (QED) is 0.265. The fourth-order valence-corrected chi connectivity index (χ4v) is 4.63. The predicted molar refractivity (Wildman–Crippen MR) is 119 cm³/mol. The number of hydrogen-bond donors (Lipinski definition) is 1. The molecule has 28 heavy (non-hydrogen) atoms. The van der Waals surface area contributed by atoms with Crippen LogP contribution in [0.5, 0.6) is 0 Å². The number of unbranched alkanes of at least 4 members (excludes halogenated alkanes) is 11. The van der Waals surface area contributed by atoms with Crippen LogP contribution < -0.4 is 0 Å². The zero-order valence-electron chi connectivity index (χ0n) is 17.3. The van der Waals surface area contributed by atoms with E-state index < -0.39 is 10.1 Å². The van der Waals surface area contributed by atoms with Crippen LogP contribution in [-0.2, 0) is 16.5 Å². The number of hydrogen-bond acceptors (Lipinski definition) is 2. The first-order valence-electron chi connectivity index (χ1n) is 11.0. The smallest absolute Gasteiger partial charge is 0.282 e. The second-order valence-electron chi connectivity index (χ2n) is 7.88. The third kappa shape index (κ3) is 7.56. The molecule has 2 aromatic carbocycles. The lowest BCUT2D eigenvalue weighted by atomic mass is 9.99. The van der Waals surface area contributed by atoms with Crippen LogP contribution >= 0.6 is 0 Å². The highest BCUT2D eigenvalue weighted by Gasteiger charge is 2.15. The Bertz CT molecular complexity index is 812. The van der Waals surface area contributed by atoms with Crippen LogP contribution in [0.1, 0.15) is 89.5 Å². The lowest BCUT2D eigenvalue weighted by molar-refractivity contribution is 0.484. The van der Waals surface area contributed by atoms with Crippen LogP contribution in [0.15, 0.2) is 41.3 Å². The molecule has 0 unspecified atom stereocenters. The maximum absolute atomic E-state index is 11.6. The molecule has 0 bridgehead atoms. The van der Waals surface area contributed by atoms with E-state index in [0.717, 1.165) is 23.8 Å². The molecule has 0 aliphatic heterocycles. The van der Waals surface area contributed by atoms with Gasteiger partial charge in [0.25, 0.3) is 10.1 Å². The Morgan fingerprint density at radius 2 is 1.18 bits per heavy atom. The van der Waals surface area contributed by atoms with Gasteiger partial charge in [-0.1, -0.05) is 108 Å². The Morgan fingerprint density at radius 3 is 1.71 bits per heavy atom. The molecular formula is C24H36O3S. The maximum Gasteiger partial charge on any atom is 0.295 e. The fourth-order valence-electron chi connectivity index (χ4n) is 3.93. The Labute approximate surface area is 171 Å². The lowest BCUT2D eigenvalue weighted by Gasteiger charge is -2.10. The second-order valence-corrected chi connectivity index (χ2v) is 9.27. The summed E-state index contributed by atoms with van der Waals surface area (Å²) in [5.74, 6) is 0. The topological polar surface area (TPSA) is 54.4 Å². The average molecular weight is 405 g/mol. The molecule has 0 spiro atoms. The summed E-state index contributed by atoms with van der Waals surface area (Å²) in [5, 5.41) is 1.54. The standard InChI is InChI=1S/C24H36O3S/c1-2-3-4-5-6-7-8-9-10-11-12-13-16-21-19-20-24(28(25,26)27)23-18-15-14-17-22(21)23/h14-15,17-20H,2-13,16H2,1H3,(H,25,26,27). The van der Waals surface area contributed by atoms with Crippen molar-refractivity contribution in [2.75, 3.05) is 0 Å². The van der Waals surface area contributed by atoms with E-state index in [9.17, 15) is 13.0 Å². The van der Waals surface area contributed by atoms with Gasteiger partial charge in [0.1, 0.15) is 4.90 Å². The zero-order valence-corrected chi connectivity index (χ0v) is 18.1. The maximum atomic E-state index is 11.6. The van der Waals surface area contributed by atoms with Gasteiger partial charge in [-0.05, 0) is 29.9 Å². The zero-order chi connectivity index (χ0) is 20.2. The van der Waals surface area contributed by atoms with Gasteiger partial charge in [0.15, 0.2) is 0 Å². The molecule has 0 aliphatic carbocycles. The monoisotopic (exact) mass is 404 g/mol. The summed E-state index contributed by atoms with van der Waals surface area (Å²) in [7, 11) is -4.19. The normalized spacial score (nSPS) is 11.9. The molecular weight excluding hydrogens is 368 g/mol. The molecule has 4 heteroatoms. The van der Waals surface area contributed by atoms with E-state index in [2.05, 4.69) is 6.92 Å². The summed E-state index contributed by atoms with van der Waals surface area (Å²) in [6.07, 6.45) is 16.9. The van der Waals surface area contributed by atoms with Crippen LogP contribution in [0.2, 0.25) is 0 Å². The van der Waals surface area contributed by atoms with Gasteiger partial charge in [0.2, 0.25) is 0 Å². The van der Waals surface area contributed by atoms with Gasteiger partial charge in [0, 0.05) is 5.39 Å². The van der Waals surface area contributed by atoms with Crippen molar-refractivity contribution < 1.29 is 13.0 Å². The van der Waals surface area contributed by atoms with Crippen molar-refractivity contribution in [1.82, 2.24) is 0 Å². The van der Waals surface area contributed by atoms with Gasteiger partial charge in [0.05, 0.1) is 0 Å². The number of rotatable bonds is 14. The molecule has 1 N–H and O–H groups in total. The van der Waals surface area contributed by atoms with Gasteiger partial charge in [-0.2, -0.15) is 8.42 Å².